The van der Waals surface area contributed by atoms with E-state index in [4.69, 9.17) is 33.7 Å². The van der Waals surface area contributed by atoms with Gasteiger partial charge in [0.25, 0.3) is 0 Å². The summed E-state index contributed by atoms with van der Waals surface area (Å²) in [6.45, 7) is 0.112. The molecule has 0 heterocycles. The molecule has 19 heavy (non-hydrogen) atoms. The SMILES string of the molecule is Nc1ccc(C(O)COc2cc(Cl)cc(Cl)c2)cc1. The van der Waals surface area contributed by atoms with E-state index in [1.165, 1.54) is 0 Å². The highest BCUT2D eigenvalue weighted by atomic mass is 35.5. The van der Waals surface area contributed by atoms with E-state index >= 15 is 0 Å². The van der Waals surface area contributed by atoms with E-state index in [9.17, 15) is 5.11 Å². The maximum absolute atomic E-state index is 9.98. The van der Waals surface area contributed by atoms with Crippen molar-refractivity contribution in [3.63, 3.8) is 0 Å². The molecule has 2 aromatic carbocycles. The minimum atomic E-state index is -0.738. The molecule has 100 valence electrons. The van der Waals surface area contributed by atoms with Crippen molar-refractivity contribution in [2.75, 3.05) is 12.3 Å². The fourth-order valence-corrected chi connectivity index (χ4v) is 2.11. The van der Waals surface area contributed by atoms with Crippen LogP contribution in [-0.4, -0.2) is 11.7 Å². The van der Waals surface area contributed by atoms with E-state index in [-0.39, 0.29) is 6.61 Å². The summed E-state index contributed by atoms with van der Waals surface area (Å²) in [5, 5.41) is 11.0. The zero-order chi connectivity index (χ0) is 13.8. The van der Waals surface area contributed by atoms with Gasteiger partial charge in [-0.15, -0.1) is 0 Å². The van der Waals surface area contributed by atoms with Gasteiger partial charge in [-0.1, -0.05) is 35.3 Å². The van der Waals surface area contributed by atoms with Crippen molar-refractivity contribution in [3.8, 4) is 5.75 Å². The van der Waals surface area contributed by atoms with Crippen LogP contribution in [0.5, 0.6) is 5.75 Å². The first kappa shape index (κ1) is 14.0. The molecule has 1 unspecified atom stereocenters. The second-order valence-electron chi connectivity index (χ2n) is 4.10. The molecular weight excluding hydrogens is 285 g/mol. The van der Waals surface area contributed by atoms with Gasteiger partial charge in [0, 0.05) is 15.7 Å². The van der Waals surface area contributed by atoms with E-state index in [0.717, 1.165) is 5.56 Å². The van der Waals surface area contributed by atoms with Crippen molar-refractivity contribution in [1.29, 1.82) is 0 Å². The Hall–Kier alpha value is -1.42. The Labute approximate surface area is 121 Å². The summed E-state index contributed by atoms with van der Waals surface area (Å²) in [5.41, 5.74) is 6.97. The van der Waals surface area contributed by atoms with Gasteiger partial charge >= 0.3 is 0 Å². The molecule has 2 rings (SSSR count). The highest BCUT2D eigenvalue weighted by Crippen LogP contribution is 2.25. The second kappa shape index (κ2) is 6.15. The third-order valence-corrected chi connectivity index (χ3v) is 3.00. The topological polar surface area (TPSA) is 55.5 Å². The van der Waals surface area contributed by atoms with Crippen molar-refractivity contribution in [2.24, 2.45) is 0 Å². The van der Waals surface area contributed by atoms with Gasteiger partial charge in [0.1, 0.15) is 18.5 Å². The molecule has 0 aliphatic rings. The minimum absolute atomic E-state index is 0.112. The van der Waals surface area contributed by atoms with Crippen LogP contribution in [0.3, 0.4) is 0 Å². The Morgan fingerprint density at radius 3 is 2.21 bits per heavy atom. The number of rotatable bonds is 4. The normalized spacial score (nSPS) is 12.2. The van der Waals surface area contributed by atoms with Crippen LogP contribution in [0.2, 0.25) is 10.0 Å². The summed E-state index contributed by atoms with van der Waals surface area (Å²) in [5.74, 6) is 0.520. The van der Waals surface area contributed by atoms with Crippen LogP contribution >= 0.6 is 23.2 Å². The van der Waals surface area contributed by atoms with Crippen LogP contribution < -0.4 is 10.5 Å². The molecular formula is C14H13Cl2NO2. The number of anilines is 1. The Morgan fingerprint density at radius 1 is 1.05 bits per heavy atom. The largest absolute Gasteiger partial charge is 0.490 e. The number of aliphatic hydroxyl groups excluding tert-OH is 1. The summed E-state index contributed by atoms with van der Waals surface area (Å²) in [4.78, 5) is 0. The van der Waals surface area contributed by atoms with Crippen molar-refractivity contribution in [1.82, 2.24) is 0 Å². The van der Waals surface area contributed by atoms with Crippen molar-refractivity contribution in [2.45, 2.75) is 6.10 Å². The van der Waals surface area contributed by atoms with Gasteiger partial charge in [-0.2, -0.15) is 0 Å². The number of hydrogen-bond acceptors (Lipinski definition) is 3. The van der Waals surface area contributed by atoms with E-state index in [1.54, 1.807) is 42.5 Å². The molecule has 0 saturated heterocycles. The third-order valence-electron chi connectivity index (χ3n) is 2.57. The molecule has 3 nitrogen and oxygen atoms in total. The summed E-state index contributed by atoms with van der Waals surface area (Å²) in [6.07, 6.45) is -0.738. The maximum Gasteiger partial charge on any atom is 0.122 e. The molecule has 3 N–H and O–H groups in total. The van der Waals surface area contributed by atoms with Gasteiger partial charge in [0.2, 0.25) is 0 Å². The van der Waals surface area contributed by atoms with Crippen molar-refractivity contribution >= 4 is 28.9 Å². The monoisotopic (exact) mass is 297 g/mol. The van der Waals surface area contributed by atoms with Crippen molar-refractivity contribution in [3.05, 3.63) is 58.1 Å². The third kappa shape index (κ3) is 4.03. The molecule has 2 aromatic rings. The summed E-state index contributed by atoms with van der Waals surface area (Å²) in [7, 11) is 0. The smallest absolute Gasteiger partial charge is 0.122 e. The Kier molecular flexibility index (Phi) is 4.53. The van der Waals surface area contributed by atoms with Crippen LogP contribution in [0.25, 0.3) is 0 Å². The molecule has 0 amide bonds. The van der Waals surface area contributed by atoms with Gasteiger partial charge < -0.3 is 15.6 Å². The average Bonchev–Trinajstić information content (AvgIpc) is 2.36. The Morgan fingerprint density at radius 2 is 1.63 bits per heavy atom. The predicted octanol–water partition coefficient (Wildman–Crippen LogP) is 3.69. The lowest BCUT2D eigenvalue weighted by molar-refractivity contribution is 0.108. The summed E-state index contributed by atoms with van der Waals surface area (Å²) >= 11 is 11.7. The highest BCUT2D eigenvalue weighted by Gasteiger charge is 2.09. The second-order valence-corrected chi connectivity index (χ2v) is 4.97. The van der Waals surface area contributed by atoms with Crippen LogP contribution in [-0.2, 0) is 0 Å². The molecule has 0 aromatic heterocycles. The van der Waals surface area contributed by atoms with Crippen LogP contribution in [0.15, 0.2) is 42.5 Å². The maximum atomic E-state index is 9.98. The lowest BCUT2D eigenvalue weighted by Gasteiger charge is -2.13. The van der Waals surface area contributed by atoms with Gasteiger partial charge in [-0.05, 0) is 35.9 Å². The van der Waals surface area contributed by atoms with Crippen LogP contribution in [0.1, 0.15) is 11.7 Å². The molecule has 0 radical (unpaired) electrons. The molecule has 0 spiro atoms. The molecule has 1 atom stereocenters. The zero-order valence-electron chi connectivity index (χ0n) is 10.0. The van der Waals surface area contributed by atoms with Gasteiger partial charge in [0.05, 0.1) is 0 Å². The van der Waals surface area contributed by atoms with Gasteiger partial charge in [-0.25, -0.2) is 0 Å². The number of nitrogens with two attached hydrogens (primary N) is 1. The number of nitrogen functional groups attached to an aromatic ring is 1. The molecule has 0 saturated carbocycles. The molecule has 0 fully saturated rings. The van der Waals surface area contributed by atoms with Crippen LogP contribution in [0.4, 0.5) is 5.69 Å². The number of aliphatic hydroxyl groups is 1. The molecule has 0 aliphatic carbocycles. The lowest BCUT2D eigenvalue weighted by atomic mass is 10.1. The molecule has 0 aliphatic heterocycles. The number of benzene rings is 2. The Balaban J connectivity index is 1.99. The number of hydrogen-bond donors (Lipinski definition) is 2. The Bertz CT molecular complexity index is 538. The zero-order valence-corrected chi connectivity index (χ0v) is 11.5. The average molecular weight is 298 g/mol. The number of halogens is 2. The van der Waals surface area contributed by atoms with Crippen LogP contribution in [0, 0.1) is 0 Å². The first-order valence-electron chi connectivity index (χ1n) is 5.67. The van der Waals surface area contributed by atoms with Gasteiger partial charge in [-0.3, -0.25) is 0 Å². The minimum Gasteiger partial charge on any atom is -0.490 e. The first-order valence-corrected chi connectivity index (χ1v) is 6.42. The van der Waals surface area contributed by atoms with Gasteiger partial charge in [0.15, 0.2) is 0 Å². The summed E-state index contributed by atoms with van der Waals surface area (Å²) < 4.78 is 5.46. The standard InChI is InChI=1S/C14H13Cl2NO2/c15-10-5-11(16)7-13(6-10)19-8-14(18)9-1-3-12(17)4-2-9/h1-7,14,18H,8,17H2. The fourth-order valence-electron chi connectivity index (χ4n) is 1.60. The van der Waals surface area contributed by atoms with E-state index < -0.39 is 6.10 Å². The molecule has 5 heteroatoms. The van der Waals surface area contributed by atoms with Crippen molar-refractivity contribution < 1.29 is 9.84 Å². The predicted molar refractivity (Wildman–Crippen MR) is 77.8 cm³/mol. The van der Waals surface area contributed by atoms with E-state index in [0.29, 0.717) is 21.5 Å². The van der Waals surface area contributed by atoms with E-state index in [1.807, 2.05) is 0 Å². The molecule has 0 bridgehead atoms. The number of ether oxygens (including phenoxy) is 1. The first-order chi connectivity index (χ1) is 9.04. The summed E-state index contributed by atoms with van der Waals surface area (Å²) in [6, 6.07) is 11.9. The van der Waals surface area contributed by atoms with E-state index in [2.05, 4.69) is 0 Å². The lowest BCUT2D eigenvalue weighted by Crippen LogP contribution is -2.09. The highest BCUT2D eigenvalue weighted by molar-refractivity contribution is 6.34. The fraction of sp³-hybridized carbons (Fsp3) is 0.143. The quantitative estimate of drug-likeness (QED) is 0.846.